The topological polar surface area (TPSA) is 96.0 Å². The van der Waals surface area contributed by atoms with Gasteiger partial charge in [-0.2, -0.15) is 0 Å². The molecule has 1 aromatic carbocycles. The van der Waals surface area contributed by atoms with Crippen molar-refractivity contribution in [2.24, 2.45) is 5.73 Å². The van der Waals surface area contributed by atoms with Crippen molar-refractivity contribution in [3.05, 3.63) is 23.8 Å². The number of phenols is 1. The Bertz CT molecular complexity index is 444. The predicted octanol–water partition coefficient (Wildman–Crippen LogP) is 0.313. The van der Waals surface area contributed by atoms with Gasteiger partial charge in [-0.1, -0.05) is 0 Å². The van der Waals surface area contributed by atoms with Crippen LogP contribution in [0.25, 0.3) is 0 Å². The van der Waals surface area contributed by atoms with Crippen LogP contribution in [-0.2, 0) is 9.53 Å². The van der Waals surface area contributed by atoms with Gasteiger partial charge in [0.1, 0.15) is 11.8 Å². The summed E-state index contributed by atoms with van der Waals surface area (Å²) >= 11 is 0. The molecule has 0 saturated carbocycles. The Labute approximate surface area is 105 Å². The van der Waals surface area contributed by atoms with E-state index >= 15 is 0 Å². The predicted molar refractivity (Wildman–Crippen MR) is 65.7 cm³/mol. The number of ether oxygens (including phenoxy) is 1. The number of hydrogen-bond acceptors (Lipinski definition) is 5. The van der Waals surface area contributed by atoms with Gasteiger partial charge in [0.2, 0.25) is 0 Å². The van der Waals surface area contributed by atoms with E-state index in [-0.39, 0.29) is 11.3 Å². The summed E-state index contributed by atoms with van der Waals surface area (Å²) in [4.78, 5) is 12.9. The van der Waals surface area contributed by atoms with Crippen LogP contribution in [0.5, 0.6) is 5.75 Å². The van der Waals surface area contributed by atoms with E-state index in [1.54, 1.807) is 12.1 Å². The zero-order valence-corrected chi connectivity index (χ0v) is 9.87. The van der Waals surface area contributed by atoms with E-state index in [4.69, 9.17) is 15.6 Å². The van der Waals surface area contributed by atoms with Gasteiger partial charge in [-0.25, -0.2) is 0 Å². The number of anilines is 1. The number of aromatic hydroxyl groups is 1. The minimum absolute atomic E-state index is 0.0955. The van der Waals surface area contributed by atoms with Crippen molar-refractivity contribution in [2.45, 2.75) is 6.04 Å². The van der Waals surface area contributed by atoms with Crippen LogP contribution < -0.4 is 10.6 Å². The van der Waals surface area contributed by atoms with Gasteiger partial charge in [0.25, 0.3) is 0 Å². The molecule has 0 aromatic heterocycles. The Balaban J connectivity index is 2.27. The van der Waals surface area contributed by atoms with Gasteiger partial charge in [0.05, 0.1) is 13.2 Å². The van der Waals surface area contributed by atoms with Crippen LogP contribution in [0.3, 0.4) is 0 Å². The van der Waals surface area contributed by atoms with Crippen molar-refractivity contribution < 1.29 is 19.7 Å². The molecule has 1 aliphatic rings. The number of morpholine rings is 1. The molecule has 0 aliphatic carbocycles. The number of hydrogen-bond donors (Lipinski definition) is 3. The van der Waals surface area contributed by atoms with Gasteiger partial charge in [0, 0.05) is 24.3 Å². The number of aliphatic carboxylic acids is 1. The maximum Gasteiger partial charge on any atom is 0.325 e. The fraction of sp³-hybridized carbons (Fsp3) is 0.417. The summed E-state index contributed by atoms with van der Waals surface area (Å²) in [5.41, 5.74) is 6.61. The van der Waals surface area contributed by atoms with Gasteiger partial charge in [-0.05, 0) is 18.2 Å². The molecule has 0 spiro atoms. The summed E-state index contributed by atoms with van der Waals surface area (Å²) in [6, 6.07) is 3.63. The van der Waals surface area contributed by atoms with E-state index in [1.165, 1.54) is 6.07 Å². The van der Waals surface area contributed by atoms with Crippen molar-refractivity contribution in [2.75, 3.05) is 31.2 Å². The summed E-state index contributed by atoms with van der Waals surface area (Å²) in [6.07, 6.45) is 0. The molecule has 1 atom stereocenters. The van der Waals surface area contributed by atoms with Crippen LogP contribution in [0.4, 0.5) is 5.69 Å². The normalized spacial score (nSPS) is 17.5. The lowest BCUT2D eigenvalue weighted by atomic mass is 10.1. The molecule has 18 heavy (non-hydrogen) atoms. The number of phenolic OH excluding ortho intramolecular Hbond substituents is 1. The van der Waals surface area contributed by atoms with Crippen LogP contribution >= 0.6 is 0 Å². The van der Waals surface area contributed by atoms with Gasteiger partial charge in [-0.15, -0.1) is 0 Å². The second-order valence-corrected chi connectivity index (χ2v) is 4.16. The van der Waals surface area contributed by atoms with E-state index in [2.05, 4.69) is 4.90 Å². The van der Waals surface area contributed by atoms with Crippen molar-refractivity contribution in [3.8, 4) is 5.75 Å². The minimum atomic E-state index is -1.22. The van der Waals surface area contributed by atoms with Crippen LogP contribution in [0, 0.1) is 0 Å². The first-order valence-electron chi connectivity index (χ1n) is 5.73. The molecule has 0 radical (unpaired) electrons. The molecule has 6 heteroatoms. The van der Waals surface area contributed by atoms with E-state index in [1.807, 2.05) is 0 Å². The van der Waals surface area contributed by atoms with Crippen LogP contribution in [-0.4, -0.2) is 42.5 Å². The highest BCUT2D eigenvalue weighted by Crippen LogP contribution is 2.28. The molecular formula is C12H16N2O4. The van der Waals surface area contributed by atoms with Gasteiger partial charge in [-0.3, -0.25) is 4.79 Å². The quantitative estimate of drug-likeness (QED) is 0.716. The Morgan fingerprint density at radius 1 is 1.39 bits per heavy atom. The fourth-order valence-corrected chi connectivity index (χ4v) is 1.94. The Morgan fingerprint density at radius 2 is 2.06 bits per heavy atom. The van der Waals surface area contributed by atoms with E-state index in [0.29, 0.717) is 13.2 Å². The summed E-state index contributed by atoms with van der Waals surface area (Å²) in [6.45, 7) is 2.77. The molecule has 1 aromatic rings. The zero-order valence-electron chi connectivity index (χ0n) is 9.87. The third-order valence-corrected chi connectivity index (χ3v) is 2.99. The third kappa shape index (κ3) is 2.55. The molecule has 0 amide bonds. The number of nitrogens with two attached hydrogens (primary N) is 1. The number of rotatable bonds is 3. The van der Waals surface area contributed by atoms with Gasteiger partial charge in [0.15, 0.2) is 0 Å². The van der Waals surface area contributed by atoms with Crippen molar-refractivity contribution >= 4 is 11.7 Å². The molecule has 1 aliphatic heterocycles. The van der Waals surface area contributed by atoms with E-state index in [0.717, 1.165) is 18.8 Å². The van der Waals surface area contributed by atoms with Crippen LogP contribution in [0.1, 0.15) is 11.6 Å². The first kappa shape index (κ1) is 12.7. The monoisotopic (exact) mass is 252 g/mol. The summed E-state index contributed by atoms with van der Waals surface area (Å²) in [5.74, 6) is -1.26. The Kier molecular flexibility index (Phi) is 3.69. The van der Waals surface area contributed by atoms with E-state index < -0.39 is 12.0 Å². The van der Waals surface area contributed by atoms with Gasteiger partial charge < -0.3 is 25.6 Å². The maximum atomic E-state index is 10.9. The first-order valence-corrected chi connectivity index (χ1v) is 5.73. The molecule has 4 N–H and O–H groups in total. The highest BCUT2D eigenvalue weighted by atomic mass is 16.5. The summed E-state index contributed by atoms with van der Waals surface area (Å²) < 4.78 is 5.25. The fourth-order valence-electron chi connectivity index (χ4n) is 1.94. The third-order valence-electron chi connectivity index (χ3n) is 2.99. The smallest absolute Gasteiger partial charge is 0.325 e. The lowest BCUT2D eigenvalue weighted by molar-refractivity contribution is -0.138. The number of nitrogens with zero attached hydrogens (tertiary/aromatic N) is 1. The number of carbonyl (C=O) groups is 1. The molecule has 1 heterocycles. The lowest BCUT2D eigenvalue weighted by Gasteiger charge is -2.29. The van der Waals surface area contributed by atoms with Crippen molar-refractivity contribution in [1.29, 1.82) is 0 Å². The number of carboxylic acid groups (broad SMARTS) is 1. The molecule has 98 valence electrons. The largest absolute Gasteiger partial charge is 0.508 e. The molecule has 2 rings (SSSR count). The van der Waals surface area contributed by atoms with E-state index in [9.17, 15) is 9.90 Å². The van der Waals surface area contributed by atoms with Crippen LogP contribution in [0.15, 0.2) is 18.2 Å². The standard InChI is InChI=1S/C12H16N2O4/c13-11(12(16)17)9-7-8(1-2-10(9)15)14-3-5-18-6-4-14/h1-2,7,11,15H,3-6,13H2,(H,16,17). The molecule has 1 saturated heterocycles. The molecule has 1 fully saturated rings. The maximum absolute atomic E-state index is 10.9. The lowest BCUT2D eigenvalue weighted by Crippen LogP contribution is -2.36. The second kappa shape index (κ2) is 5.24. The first-order chi connectivity index (χ1) is 8.59. The average molecular weight is 252 g/mol. The molecule has 1 unspecified atom stereocenters. The Hall–Kier alpha value is -1.79. The SMILES string of the molecule is NC(C(=O)O)c1cc(N2CCOCC2)ccc1O. The molecule has 6 nitrogen and oxygen atoms in total. The van der Waals surface area contributed by atoms with Crippen molar-refractivity contribution in [1.82, 2.24) is 0 Å². The van der Waals surface area contributed by atoms with Gasteiger partial charge >= 0.3 is 5.97 Å². The Morgan fingerprint density at radius 3 is 2.67 bits per heavy atom. The summed E-state index contributed by atoms with van der Waals surface area (Å²) in [7, 11) is 0. The van der Waals surface area contributed by atoms with Crippen LogP contribution in [0.2, 0.25) is 0 Å². The number of carboxylic acids is 1. The number of benzene rings is 1. The minimum Gasteiger partial charge on any atom is -0.508 e. The van der Waals surface area contributed by atoms with Crippen molar-refractivity contribution in [3.63, 3.8) is 0 Å². The highest BCUT2D eigenvalue weighted by Gasteiger charge is 2.20. The second-order valence-electron chi connectivity index (χ2n) is 4.16. The zero-order chi connectivity index (χ0) is 13.1. The average Bonchev–Trinajstić information content (AvgIpc) is 2.39. The highest BCUT2D eigenvalue weighted by molar-refractivity contribution is 5.77. The summed E-state index contributed by atoms with van der Waals surface area (Å²) in [5, 5.41) is 18.6. The molecule has 0 bridgehead atoms. The molecular weight excluding hydrogens is 236 g/mol.